The smallest absolute Gasteiger partial charge is 0.258 e. The Bertz CT molecular complexity index is 926. The zero-order valence-electron chi connectivity index (χ0n) is 14.2. The lowest BCUT2D eigenvalue weighted by atomic mass is 10.1. The van der Waals surface area contributed by atoms with Gasteiger partial charge in [0.25, 0.3) is 11.8 Å². The lowest BCUT2D eigenvalue weighted by molar-refractivity contribution is 0.0946. The molecule has 0 spiro atoms. The van der Waals surface area contributed by atoms with E-state index in [1.807, 2.05) is 6.07 Å². The number of ether oxygens (including phenoxy) is 2. The number of amides is 1. The molecule has 0 fully saturated rings. The van der Waals surface area contributed by atoms with Gasteiger partial charge in [0.1, 0.15) is 0 Å². The second-order valence-electron chi connectivity index (χ2n) is 5.25. The summed E-state index contributed by atoms with van der Waals surface area (Å²) in [6, 6.07) is 12.1. The largest absolute Gasteiger partial charge is 0.493 e. The van der Waals surface area contributed by atoms with Crippen LogP contribution in [0, 0.1) is 0 Å². The summed E-state index contributed by atoms with van der Waals surface area (Å²) in [7, 11) is 2.99. The van der Waals surface area contributed by atoms with Crippen molar-refractivity contribution >= 4 is 17.5 Å². The highest BCUT2D eigenvalue weighted by Gasteiger charge is 2.17. The molecule has 0 aliphatic carbocycles. The van der Waals surface area contributed by atoms with Crippen molar-refractivity contribution in [2.24, 2.45) is 0 Å². The van der Waals surface area contributed by atoms with Gasteiger partial charge < -0.3 is 19.3 Å². The lowest BCUT2D eigenvalue weighted by Gasteiger charge is -2.11. The van der Waals surface area contributed by atoms with E-state index in [9.17, 15) is 4.79 Å². The summed E-state index contributed by atoms with van der Waals surface area (Å²) in [5.41, 5.74) is 1.06. The van der Waals surface area contributed by atoms with Crippen LogP contribution in [-0.2, 0) is 6.54 Å². The molecule has 134 valence electrons. The monoisotopic (exact) mass is 373 g/mol. The van der Waals surface area contributed by atoms with E-state index in [1.54, 1.807) is 36.4 Å². The van der Waals surface area contributed by atoms with Gasteiger partial charge in [-0.25, -0.2) is 0 Å². The molecule has 3 rings (SSSR count). The summed E-state index contributed by atoms with van der Waals surface area (Å²) in [6.45, 7) is 0.100. The first-order valence-electron chi connectivity index (χ1n) is 7.70. The minimum absolute atomic E-state index is 0.100. The van der Waals surface area contributed by atoms with Crippen LogP contribution in [0.2, 0.25) is 5.02 Å². The Labute approximate surface area is 154 Å². The Hall–Kier alpha value is -3.06. The predicted molar refractivity (Wildman–Crippen MR) is 95.5 cm³/mol. The number of carbonyl (C=O) groups is 1. The van der Waals surface area contributed by atoms with Crippen molar-refractivity contribution in [1.29, 1.82) is 0 Å². The van der Waals surface area contributed by atoms with Crippen LogP contribution in [0.25, 0.3) is 11.5 Å². The van der Waals surface area contributed by atoms with Gasteiger partial charge in [-0.1, -0.05) is 28.9 Å². The lowest BCUT2D eigenvalue weighted by Crippen LogP contribution is -2.24. The fourth-order valence-electron chi connectivity index (χ4n) is 2.39. The van der Waals surface area contributed by atoms with E-state index in [0.29, 0.717) is 39.4 Å². The van der Waals surface area contributed by atoms with Gasteiger partial charge in [-0.15, -0.1) is 0 Å². The third kappa shape index (κ3) is 3.78. The molecule has 7 nitrogen and oxygen atoms in total. The van der Waals surface area contributed by atoms with Crippen LogP contribution in [0.15, 0.2) is 47.0 Å². The Balaban J connectivity index is 1.71. The second-order valence-corrected chi connectivity index (χ2v) is 5.69. The molecular formula is C18H16ClN3O4. The third-order valence-corrected chi connectivity index (χ3v) is 3.83. The SMILES string of the molecule is COc1cccc(C(=O)NCc2noc(-c3cccc(Cl)c3)n2)c1OC. The molecule has 2 aromatic carbocycles. The second kappa shape index (κ2) is 7.88. The molecule has 1 aromatic heterocycles. The molecule has 0 bridgehead atoms. The van der Waals surface area contributed by atoms with E-state index >= 15 is 0 Å². The standard InChI is InChI=1S/C18H16ClN3O4/c1-24-14-8-4-7-13(16(14)25-2)17(23)20-10-15-21-18(26-22-15)11-5-3-6-12(19)9-11/h3-9H,10H2,1-2H3,(H,20,23). The number of methoxy groups -OCH3 is 2. The summed E-state index contributed by atoms with van der Waals surface area (Å²) < 4.78 is 15.7. The maximum atomic E-state index is 12.4. The van der Waals surface area contributed by atoms with Crippen LogP contribution < -0.4 is 14.8 Å². The quantitative estimate of drug-likeness (QED) is 0.713. The topological polar surface area (TPSA) is 86.5 Å². The van der Waals surface area contributed by atoms with Crippen LogP contribution >= 0.6 is 11.6 Å². The first-order chi connectivity index (χ1) is 12.6. The van der Waals surface area contributed by atoms with Crippen LogP contribution in [0.1, 0.15) is 16.2 Å². The number of carbonyl (C=O) groups excluding carboxylic acids is 1. The molecule has 1 heterocycles. The minimum atomic E-state index is -0.338. The molecule has 1 amide bonds. The highest BCUT2D eigenvalue weighted by molar-refractivity contribution is 6.30. The van der Waals surface area contributed by atoms with Gasteiger partial charge in [-0.3, -0.25) is 4.79 Å². The average Bonchev–Trinajstić information content (AvgIpc) is 3.14. The van der Waals surface area contributed by atoms with Crippen molar-refractivity contribution in [2.75, 3.05) is 14.2 Å². The van der Waals surface area contributed by atoms with E-state index in [1.165, 1.54) is 14.2 Å². The summed E-state index contributed by atoms with van der Waals surface area (Å²) in [5, 5.41) is 7.17. The number of benzene rings is 2. The van der Waals surface area contributed by atoms with E-state index in [0.717, 1.165) is 0 Å². The Morgan fingerprint density at radius 2 is 2.00 bits per heavy atom. The fourth-order valence-corrected chi connectivity index (χ4v) is 2.58. The van der Waals surface area contributed by atoms with E-state index in [4.69, 9.17) is 25.6 Å². The van der Waals surface area contributed by atoms with Crippen LogP contribution in [0.4, 0.5) is 0 Å². The van der Waals surface area contributed by atoms with Gasteiger partial charge in [0.2, 0.25) is 0 Å². The highest BCUT2D eigenvalue weighted by atomic mass is 35.5. The Morgan fingerprint density at radius 3 is 2.73 bits per heavy atom. The number of nitrogens with one attached hydrogen (secondary N) is 1. The molecule has 3 aromatic rings. The molecule has 0 saturated heterocycles. The van der Waals surface area contributed by atoms with Crippen molar-refractivity contribution in [3.63, 3.8) is 0 Å². The van der Waals surface area contributed by atoms with E-state index < -0.39 is 0 Å². The number of halogens is 1. The van der Waals surface area contributed by atoms with Crippen molar-refractivity contribution in [2.45, 2.75) is 6.54 Å². The average molecular weight is 374 g/mol. The normalized spacial score (nSPS) is 10.4. The molecule has 1 N–H and O–H groups in total. The molecule has 0 unspecified atom stereocenters. The first-order valence-corrected chi connectivity index (χ1v) is 8.08. The van der Waals surface area contributed by atoms with Crippen LogP contribution in [0.3, 0.4) is 0 Å². The minimum Gasteiger partial charge on any atom is -0.493 e. The molecule has 0 aliphatic heterocycles. The van der Waals surface area contributed by atoms with Gasteiger partial charge >= 0.3 is 0 Å². The summed E-state index contributed by atoms with van der Waals surface area (Å²) in [6.07, 6.45) is 0. The van der Waals surface area contributed by atoms with Gasteiger partial charge in [-0.05, 0) is 30.3 Å². The van der Waals surface area contributed by atoms with Crippen molar-refractivity contribution in [3.05, 3.63) is 58.9 Å². The zero-order valence-corrected chi connectivity index (χ0v) is 14.9. The molecule has 8 heteroatoms. The van der Waals surface area contributed by atoms with Crippen LogP contribution in [0.5, 0.6) is 11.5 Å². The Kier molecular flexibility index (Phi) is 5.38. The highest BCUT2D eigenvalue weighted by Crippen LogP contribution is 2.30. The number of nitrogens with zero attached hydrogens (tertiary/aromatic N) is 2. The number of hydrogen-bond donors (Lipinski definition) is 1. The Morgan fingerprint density at radius 1 is 1.19 bits per heavy atom. The van der Waals surface area contributed by atoms with E-state index in [2.05, 4.69) is 15.5 Å². The van der Waals surface area contributed by atoms with Crippen molar-refractivity contribution < 1.29 is 18.8 Å². The van der Waals surface area contributed by atoms with Crippen molar-refractivity contribution in [1.82, 2.24) is 15.5 Å². The van der Waals surface area contributed by atoms with Crippen LogP contribution in [-0.4, -0.2) is 30.3 Å². The predicted octanol–water partition coefficient (Wildman–Crippen LogP) is 3.34. The molecular weight excluding hydrogens is 358 g/mol. The zero-order chi connectivity index (χ0) is 18.5. The van der Waals surface area contributed by atoms with Gasteiger partial charge in [0.05, 0.1) is 26.3 Å². The maximum Gasteiger partial charge on any atom is 0.258 e. The van der Waals surface area contributed by atoms with Gasteiger partial charge in [-0.2, -0.15) is 4.98 Å². The maximum absolute atomic E-state index is 12.4. The fraction of sp³-hybridized carbons (Fsp3) is 0.167. The number of aromatic nitrogens is 2. The number of para-hydroxylation sites is 1. The van der Waals surface area contributed by atoms with Crippen molar-refractivity contribution in [3.8, 4) is 23.0 Å². The third-order valence-electron chi connectivity index (χ3n) is 3.59. The molecule has 0 atom stereocenters. The summed E-state index contributed by atoms with van der Waals surface area (Å²) in [4.78, 5) is 16.7. The summed E-state index contributed by atoms with van der Waals surface area (Å²) >= 11 is 5.96. The first kappa shape index (κ1) is 17.8. The molecule has 0 saturated carbocycles. The number of hydrogen-bond acceptors (Lipinski definition) is 6. The van der Waals surface area contributed by atoms with Gasteiger partial charge in [0, 0.05) is 10.6 Å². The summed E-state index contributed by atoms with van der Waals surface area (Å²) in [5.74, 6) is 1.17. The van der Waals surface area contributed by atoms with E-state index in [-0.39, 0.29) is 12.5 Å². The van der Waals surface area contributed by atoms with Gasteiger partial charge in [0.15, 0.2) is 17.3 Å². The number of rotatable bonds is 6. The molecule has 26 heavy (non-hydrogen) atoms. The molecule has 0 aliphatic rings. The molecule has 0 radical (unpaired) electrons.